The summed E-state index contributed by atoms with van der Waals surface area (Å²) in [5.41, 5.74) is -3.88. The van der Waals surface area contributed by atoms with E-state index in [0.29, 0.717) is 17.7 Å². The van der Waals surface area contributed by atoms with Crippen molar-refractivity contribution in [1.82, 2.24) is 25.1 Å². The molecule has 0 saturated carbocycles. The molecule has 0 atom stereocenters. The van der Waals surface area contributed by atoms with Crippen molar-refractivity contribution >= 4 is 23.6 Å². The van der Waals surface area contributed by atoms with E-state index in [0.717, 1.165) is 27.9 Å². The van der Waals surface area contributed by atoms with Crippen LogP contribution in [-0.4, -0.2) is 45.4 Å². The SMILES string of the molecule is COC(=O)N(C)Cc1ccc(Cl)c(-c2ccc(C(F)(F)F)cc2CN(Cc2cc(C(F)(F)F)cc(C(F)(F)F)c2)c2nnn(C)n2)c1. The third-order valence-corrected chi connectivity index (χ3v) is 7.15. The van der Waals surface area contributed by atoms with E-state index in [1.54, 1.807) is 6.07 Å². The molecule has 0 aliphatic heterocycles. The Bertz CT molecular complexity index is 1720. The van der Waals surface area contributed by atoms with Gasteiger partial charge in [0.2, 0.25) is 0 Å². The van der Waals surface area contributed by atoms with Crippen LogP contribution in [0, 0.1) is 0 Å². The van der Waals surface area contributed by atoms with Crippen LogP contribution in [0.4, 0.5) is 50.3 Å². The number of benzene rings is 3. The lowest BCUT2D eigenvalue weighted by atomic mass is 9.95. The molecule has 0 unspecified atom stereocenters. The Morgan fingerprint density at radius 1 is 0.787 bits per heavy atom. The van der Waals surface area contributed by atoms with Gasteiger partial charge in [-0.3, -0.25) is 0 Å². The van der Waals surface area contributed by atoms with Gasteiger partial charge in [0.25, 0.3) is 5.95 Å². The molecule has 0 N–H and O–H groups in total. The summed E-state index contributed by atoms with van der Waals surface area (Å²) in [5.74, 6) is -0.290. The summed E-state index contributed by atoms with van der Waals surface area (Å²) in [5, 5.41) is 11.5. The molecule has 47 heavy (non-hydrogen) atoms. The van der Waals surface area contributed by atoms with E-state index in [9.17, 15) is 44.3 Å². The number of methoxy groups -OCH3 is 1. The number of alkyl halides is 9. The maximum atomic E-state index is 13.9. The molecular formula is C29H24ClF9N6O2. The summed E-state index contributed by atoms with van der Waals surface area (Å²) in [7, 11) is 3.97. The normalized spacial score (nSPS) is 12.3. The summed E-state index contributed by atoms with van der Waals surface area (Å²) in [6, 6.07) is 8.27. The number of nitrogens with zero attached hydrogens (tertiary/aromatic N) is 6. The molecule has 0 aliphatic rings. The average molecular weight is 695 g/mol. The molecule has 0 spiro atoms. The summed E-state index contributed by atoms with van der Waals surface area (Å²) in [6.07, 6.45) is -15.7. The van der Waals surface area contributed by atoms with Gasteiger partial charge in [-0.25, -0.2) is 4.79 Å². The lowest BCUT2D eigenvalue weighted by molar-refractivity contribution is -0.143. The van der Waals surface area contributed by atoms with Gasteiger partial charge in [0, 0.05) is 37.3 Å². The second kappa shape index (κ2) is 13.3. The van der Waals surface area contributed by atoms with Gasteiger partial charge in [-0.15, -0.1) is 5.10 Å². The second-order valence-corrected chi connectivity index (χ2v) is 10.8. The van der Waals surface area contributed by atoms with Crippen LogP contribution in [0.3, 0.4) is 0 Å². The Hall–Kier alpha value is -4.54. The maximum Gasteiger partial charge on any atom is 0.416 e. The highest BCUT2D eigenvalue weighted by atomic mass is 35.5. The fourth-order valence-corrected chi connectivity index (χ4v) is 4.89. The highest BCUT2D eigenvalue weighted by Crippen LogP contribution is 2.39. The van der Waals surface area contributed by atoms with Gasteiger partial charge in [0.1, 0.15) is 0 Å². The van der Waals surface area contributed by atoms with Crippen LogP contribution >= 0.6 is 11.6 Å². The largest absolute Gasteiger partial charge is 0.453 e. The number of anilines is 1. The number of tetrazole rings is 1. The average Bonchev–Trinajstić information content (AvgIpc) is 3.42. The minimum absolute atomic E-state index is 0.0273. The molecule has 18 heteroatoms. The van der Waals surface area contributed by atoms with E-state index in [4.69, 9.17) is 11.6 Å². The molecule has 3 aromatic carbocycles. The number of hydrogen-bond donors (Lipinski definition) is 0. The first-order valence-corrected chi connectivity index (χ1v) is 13.7. The number of hydrogen-bond acceptors (Lipinski definition) is 6. The third kappa shape index (κ3) is 8.64. The van der Waals surface area contributed by atoms with Gasteiger partial charge >= 0.3 is 24.6 Å². The van der Waals surface area contributed by atoms with Crippen LogP contribution in [0.2, 0.25) is 5.02 Å². The van der Waals surface area contributed by atoms with Crippen LogP contribution in [0.25, 0.3) is 11.1 Å². The van der Waals surface area contributed by atoms with Gasteiger partial charge in [-0.1, -0.05) is 28.8 Å². The number of halogens is 10. The topological polar surface area (TPSA) is 76.4 Å². The van der Waals surface area contributed by atoms with Crippen molar-refractivity contribution in [2.24, 2.45) is 7.05 Å². The molecule has 1 amide bonds. The smallest absolute Gasteiger partial charge is 0.416 e. The number of ether oxygens (including phenoxy) is 1. The van der Waals surface area contributed by atoms with E-state index < -0.39 is 60.0 Å². The number of aryl methyl sites for hydroxylation is 1. The van der Waals surface area contributed by atoms with E-state index in [-0.39, 0.29) is 40.3 Å². The van der Waals surface area contributed by atoms with Gasteiger partial charge in [-0.05, 0) is 69.9 Å². The molecule has 1 heterocycles. The van der Waals surface area contributed by atoms with Gasteiger partial charge < -0.3 is 14.5 Å². The number of rotatable bonds is 8. The molecule has 0 aliphatic carbocycles. The highest BCUT2D eigenvalue weighted by molar-refractivity contribution is 6.33. The minimum Gasteiger partial charge on any atom is -0.453 e. The Morgan fingerprint density at radius 3 is 1.94 bits per heavy atom. The van der Waals surface area contributed by atoms with Crippen molar-refractivity contribution in [1.29, 1.82) is 0 Å². The molecular weight excluding hydrogens is 671 g/mol. The van der Waals surface area contributed by atoms with Crippen molar-refractivity contribution in [3.05, 3.63) is 93.0 Å². The zero-order chi connectivity index (χ0) is 34.9. The Kier molecular flexibility index (Phi) is 9.99. The monoisotopic (exact) mass is 694 g/mol. The quantitative estimate of drug-likeness (QED) is 0.174. The van der Waals surface area contributed by atoms with Crippen LogP contribution in [0.15, 0.2) is 54.6 Å². The van der Waals surface area contributed by atoms with Crippen LogP contribution in [0.5, 0.6) is 0 Å². The molecule has 0 bridgehead atoms. The first kappa shape index (κ1) is 35.3. The van der Waals surface area contributed by atoms with Crippen molar-refractivity contribution < 1.29 is 49.0 Å². The minimum atomic E-state index is -5.14. The van der Waals surface area contributed by atoms with Gasteiger partial charge in [-0.2, -0.15) is 44.3 Å². The first-order valence-electron chi connectivity index (χ1n) is 13.3. The molecule has 252 valence electrons. The fraction of sp³-hybridized carbons (Fsp3) is 0.310. The van der Waals surface area contributed by atoms with Crippen LogP contribution < -0.4 is 4.90 Å². The van der Waals surface area contributed by atoms with E-state index in [1.807, 2.05) is 0 Å². The molecule has 0 radical (unpaired) electrons. The van der Waals surface area contributed by atoms with Gasteiger partial charge in [0.15, 0.2) is 0 Å². The lowest BCUT2D eigenvalue weighted by Gasteiger charge is -2.25. The molecule has 0 saturated heterocycles. The summed E-state index contributed by atoms with van der Waals surface area (Å²) < 4.78 is 128. The van der Waals surface area contributed by atoms with Gasteiger partial charge in [0.05, 0.1) is 30.8 Å². The summed E-state index contributed by atoms with van der Waals surface area (Å²) in [4.78, 5) is 15.2. The van der Waals surface area contributed by atoms with E-state index >= 15 is 0 Å². The fourth-order valence-electron chi connectivity index (χ4n) is 4.67. The van der Waals surface area contributed by atoms with Crippen LogP contribution in [0.1, 0.15) is 33.4 Å². The van der Waals surface area contributed by atoms with Crippen LogP contribution in [-0.2, 0) is 49.9 Å². The third-order valence-electron chi connectivity index (χ3n) is 6.82. The predicted molar refractivity (Wildman–Crippen MR) is 151 cm³/mol. The predicted octanol–water partition coefficient (Wildman–Crippen LogP) is 7.99. The van der Waals surface area contributed by atoms with Crippen molar-refractivity contribution in [2.75, 3.05) is 19.1 Å². The highest BCUT2D eigenvalue weighted by Gasteiger charge is 2.37. The Labute approximate surface area is 266 Å². The Balaban J connectivity index is 1.86. The first-order chi connectivity index (χ1) is 21.8. The maximum absolute atomic E-state index is 13.9. The zero-order valence-corrected chi connectivity index (χ0v) is 25.4. The molecule has 8 nitrogen and oxygen atoms in total. The summed E-state index contributed by atoms with van der Waals surface area (Å²) in [6.45, 7) is -1.20. The number of aromatic nitrogens is 4. The van der Waals surface area contributed by atoms with Crippen molar-refractivity contribution in [3.63, 3.8) is 0 Å². The number of carbonyl (C=O) groups excluding carboxylic acids is 1. The molecule has 1 aromatic heterocycles. The van der Waals surface area contributed by atoms with E-state index in [1.165, 1.54) is 38.2 Å². The molecule has 4 aromatic rings. The van der Waals surface area contributed by atoms with Crippen molar-refractivity contribution in [3.8, 4) is 11.1 Å². The summed E-state index contributed by atoms with van der Waals surface area (Å²) >= 11 is 6.47. The molecule has 0 fully saturated rings. The second-order valence-electron chi connectivity index (χ2n) is 10.4. The molecule has 4 rings (SSSR count). The van der Waals surface area contributed by atoms with Crippen molar-refractivity contribution in [2.45, 2.75) is 38.2 Å². The number of amides is 1. The zero-order valence-electron chi connectivity index (χ0n) is 24.6. The Morgan fingerprint density at radius 2 is 1.40 bits per heavy atom. The lowest BCUT2D eigenvalue weighted by Crippen LogP contribution is -2.26. The standard InChI is InChI=1S/C29H24ClF9N6O2/c1-43(26(46)47-3)13-16-4-7-24(30)23(10-16)22-6-5-19(27(31,32)33)11-18(22)15-45(25-40-42-44(2)41-25)14-17-8-20(28(34,35)36)12-21(9-17)29(37,38)39/h4-12H,13-15H2,1-3H3. The number of carbonyl (C=O) groups is 1. The van der Waals surface area contributed by atoms with E-state index in [2.05, 4.69) is 20.1 Å².